The molecule has 0 bridgehead atoms. The monoisotopic (exact) mass is 438 g/mol. The molecule has 0 spiro atoms. The van der Waals surface area contributed by atoms with Crippen molar-refractivity contribution in [2.75, 3.05) is 17.4 Å². The molecule has 1 unspecified atom stereocenters. The molecule has 0 N–H and O–H groups in total. The minimum Gasteiger partial charge on any atom is -0.328 e. The van der Waals surface area contributed by atoms with Crippen LogP contribution in [0.1, 0.15) is 12.2 Å². The maximum absolute atomic E-state index is 11.6. The van der Waals surface area contributed by atoms with Crippen LogP contribution in [0.2, 0.25) is 0 Å². The molecule has 1 aromatic heterocycles. The Bertz CT molecular complexity index is 773. The second-order valence-electron chi connectivity index (χ2n) is 5.48. The highest BCUT2D eigenvalue weighted by molar-refractivity contribution is 14.1. The number of nitrogens with zero attached hydrogens (tertiary/aromatic N) is 2. The predicted molar refractivity (Wildman–Crippen MR) is 93.6 cm³/mol. The number of hydrogen-bond acceptors (Lipinski definition) is 3. The van der Waals surface area contributed by atoms with Gasteiger partial charge in [-0.15, -0.1) is 11.6 Å². The van der Waals surface area contributed by atoms with E-state index < -0.39 is 9.84 Å². The largest absolute Gasteiger partial charge is 0.328 e. The van der Waals surface area contributed by atoms with Crippen molar-refractivity contribution in [1.29, 1.82) is 0 Å². The van der Waals surface area contributed by atoms with Gasteiger partial charge >= 0.3 is 0 Å². The van der Waals surface area contributed by atoms with Gasteiger partial charge in [-0.05, 0) is 53.1 Å². The van der Waals surface area contributed by atoms with E-state index in [0.717, 1.165) is 26.8 Å². The number of hydrogen-bond donors (Lipinski definition) is 0. The molecule has 1 saturated heterocycles. The standard InChI is InChI=1S/C14H16ClIN2O2S/c15-5-3-14-17-12-7-11(16)1-2-13(12)18(14)8-10-4-6-21(19,20)9-10/h1-2,7,10H,3-6,8-9H2. The number of halogens is 2. The minimum absolute atomic E-state index is 0.181. The Morgan fingerprint density at radius 1 is 1.43 bits per heavy atom. The first-order chi connectivity index (χ1) is 9.98. The summed E-state index contributed by atoms with van der Waals surface area (Å²) in [7, 11) is -2.84. The van der Waals surface area contributed by atoms with Crippen LogP contribution in [0.15, 0.2) is 18.2 Å². The number of aromatic nitrogens is 2. The van der Waals surface area contributed by atoms with Gasteiger partial charge in [-0.3, -0.25) is 0 Å². The first-order valence-corrected chi connectivity index (χ1v) is 10.3. The zero-order chi connectivity index (χ0) is 15.0. The van der Waals surface area contributed by atoms with Gasteiger partial charge in [0, 0.05) is 22.4 Å². The lowest BCUT2D eigenvalue weighted by Crippen LogP contribution is -2.15. The van der Waals surface area contributed by atoms with Crippen molar-refractivity contribution in [3.8, 4) is 0 Å². The van der Waals surface area contributed by atoms with Gasteiger partial charge in [0.15, 0.2) is 9.84 Å². The average molecular weight is 439 g/mol. The summed E-state index contributed by atoms with van der Waals surface area (Å²) in [6.45, 7) is 0.711. The molecule has 2 heterocycles. The maximum Gasteiger partial charge on any atom is 0.150 e. The fourth-order valence-electron chi connectivity index (χ4n) is 2.91. The van der Waals surface area contributed by atoms with Gasteiger partial charge in [-0.1, -0.05) is 0 Å². The molecule has 0 amide bonds. The third-order valence-corrected chi connectivity index (χ3v) is 6.57. The zero-order valence-corrected chi connectivity index (χ0v) is 15.2. The van der Waals surface area contributed by atoms with E-state index in [0.29, 0.717) is 24.6 Å². The molecule has 0 radical (unpaired) electrons. The molecular weight excluding hydrogens is 423 g/mol. The van der Waals surface area contributed by atoms with E-state index in [9.17, 15) is 8.42 Å². The summed E-state index contributed by atoms with van der Waals surface area (Å²) in [5, 5.41) is 0. The lowest BCUT2D eigenvalue weighted by Gasteiger charge is -2.13. The summed E-state index contributed by atoms with van der Waals surface area (Å²) in [6.07, 6.45) is 1.44. The van der Waals surface area contributed by atoms with Crippen LogP contribution in [-0.2, 0) is 22.8 Å². The molecule has 0 saturated carbocycles. The summed E-state index contributed by atoms with van der Waals surface area (Å²) in [5.74, 6) is 2.25. The van der Waals surface area contributed by atoms with Crippen molar-refractivity contribution < 1.29 is 8.42 Å². The van der Waals surface area contributed by atoms with E-state index in [4.69, 9.17) is 11.6 Å². The molecule has 114 valence electrons. The second kappa shape index (κ2) is 6.04. The molecule has 2 aromatic rings. The van der Waals surface area contributed by atoms with Gasteiger partial charge in [0.1, 0.15) is 5.82 Å². The molecule has 1 fully saturated rings. The molecule has 0 aliphatic carbocycles. The molecule has 1 atom stereocenters. The first-order valence-electron chi connectivity index (χ1n) is 6.89. The van der Waals surface area contributed by atoms with Crippen LogP contribution in [-0.4, -0.2) is 35.4 Å². The normalized spacial score (nSPS) is 21.1. The van der Waals surface area contributed by atoms with Crippen LogP contribution in [0.4, 0.5) is 0 Å². The van der Waals surface area contributed by atoms with E-state index in [1.54, 1.807) is 0 Å². The van der Waals surface area contributed by atoms with Gasteiger partial charge in [0.05, 0.1) is 22.5 Å². The average Bonchev–Trinajstić information content (AvgIpc) is 2.91. The van der Waals surface area contributed by atoms with Crippen molar-refractivity contribution >= 4 is 55.1 Å². The van der Waals surface area contributed by atoms with Crippen LogP contribution in [0.25, 0.3) is 11.0 Å². The molecule has 1 aromatic carbocycles. The molecule has 3 rings (SSSR count). The fourth-order valence-corrected chi connectivity index (χ4v) is 5.40. The lowest BCUT2D eigenvalue weighted by molar-refractivity contribution is 0.488. The van der Waals surface area contributed by atoms with Gasteiger partial charge in [-0.25, -0.2) is 13.4 Å². The molecule has 1 aliphatic heterocycles. The SMILES string of the molecule is O=S1(=O)CCC(Cn2c(CCCl)nc3cc(I)ccc32)C1. The Morgan fingerprint density at radius 3 is 2.90 bits per heavy atom. The number of sulfone groups is 1. The van der Waals surface area contributed by atoms with Crippen molar-refractivity contribution in [2.24, 2.45) is 5.92 Å². The Morgan fingerprint density at radius 2 is 2.24 bits per heavy atom. The van der Waals surface area contributed by atoms with Crippen molar-refractivity contribution in [3.63, 3.8) is 0 Å². The third-order valence-electron chi connectivity index (χ3n) is 3.87. The Hall–Kier alpha value is -0.340. The Labute approximate surface area is 142 Å². The molecule has 7 heteroatoms. The van der Waals surface area contributed by atoms with Crippen LogP contribution < -0.4 is 0 Å². The maximum atomic E-state index is 11.6. The lowest BCUT2D eigenvalue weighted by atomic mass is 10.1. The fraction of sp³-hybridized carbons (Fsp3) is 0.500. The zero-order valence-electron chi connectivity index (χ0n) is 11.4. The minimum atomic E-state index is -2.84. The second-order valence-corrected chi connectivity index (χ2v) is 9.33. The smallest absolute Gasteiger partial charge is 0.150 e. The van der Waals surface area contributed by atoms with E-state index in [1.807, 2.05) is 0 Å². The van der Waals surface area contributed by atoms with Crippen LogP contribution in [0.5, 0.6) is 0 Å². The van der Waals surface area contributed by atoms with E-state index in [1.165, 1.54) is 0 Å². The number of fused-ring (bicyclic) bond motifs is 1. The van der Waals surface area contributed by atoms with Crippen LogP contribution >= 0.6 is 34.2 Å². The highest BCUT2D eigenvalue weighted by atomic mass is 127. The quantitative estimate of drug-likeness (QED) is 0.545. The Balaban J connectivity index is 1.97. The number of benzene rings is 1. The summed E-state index contributed by atoms with van der Waals surface area (Å²) < 4.78 is 26.6. The molecular formula is C14H16ClIN2O2S. The molecule has 1 aliphatic rings. The van der Waals surface area contributed by atoms with Gasteiger partial charge in [-0.2, -0.15) is 0 Å². The third kappa shape index (κ3) is 3.37. The van der Waals surface area contributed by atoms with E-state index >= 15 is 0 Å². The van der Waals surface area contributed by atoms with Crippen LogP contribution in [0.3, 0.4) is 0 Å². The molecule has 4 nitrogen and oxygen atoms in total. The van der Waals surface area contributed by atoms with E-state index in [2.05, 4.69) is 50.3 Å². The topological polar surface area (TPSA) is 52.0 Å². The van der Waals surface area contributed by atoms with Crippen LogP contribution in [0, 0.1) is 9.49 Å². The number of alkyl halides is 1. The van der Waals surface area contributed by atoms with Crippen molar-refractivity contribution in [2.45, 2.75) is 19.4 Å². The number of aryl methyl sites for hydroxylation is 1. The summed E-state index contributed by atoms with van der Waals surface area (Å²) in [6, 6.07) is 6.16. The summed E-state index contributed by atoms with van der Waals surface area (Å²) in [4.78, 5) is 4.67. The van der Waals surface area contributed by atoms with Crippen molar-refractivity contribution in [1.82, 2.24) is 9.55 Å². The highest BCUT2D eigenvalue weighted by Crippen LogP contribution is 2.25. The van der Waals surface area contributed by atoms with Gasteiger partial charge < -0.3 is 4.57 Å². The predicted octanol–water partition coefficient (Wildman–Crippen LogP) is 2.86. The first kappa shape index (κ1) is 15.6. The van der Waals surface area contributed by atoms with Gasteiger partial charge in [0.25, 0.3) is 0 Å². The highest BCUT2D eigenvalue weighted by Gasteiger charge is 2.29. The summed E-state index contributed by atoms with van der Waals surface area (Å²) in [5.41, 5.74) is 2.03. The summed E-state index contributed by atoms with van der Waals surface area (Å²) >= 11 is 8.15. The van der Waals surface area contributed by atoms with Crippen molar-refractivity contribution in [3.05, 3.63) is 27.6 Å². The van der Waals surface area contributed by atoms with E-state index in [-0.39, 0.29) is 11.7 Å². The number of rotatable bonds is 4. The van der Waals surface area contributed by atoms with Gasteiger partial charge in [0.2, 0.25) is 0 Å². The molecule has 21 heavy (non-hydrogen) atoms. The Kier molecular flexibility index (Phi) is 4.47. The number of imidazole rings is 1.